The first-order chi connectivity index (χ1) is 13.2. The Kier molecular flexibility index (Phi) is 5.19. The zero-order chi connectivity index (χ0) is 20.5. The Morgan fingerprint density at radius 2 is 2.04 bits per heavy atom. The van der Waals surface area contributed by atoms with Crippen LogP contribution in [-0.2, 0) is 9.53 Å². The maximum absolute atomic E-state index is 12.0. The number of rotatable bonds is 2. The first-order valence-corrected chi connectivity index (χ1v) is 8.92. The van der Waals surface area contributed by atoms with Crippen molar-refractivity contribution in [3.05, 3.63) is 35.9 Å². The lowest BCUT2D eigenvalue weighted by atomic mass is 10.1. The van der Waals surface area contributed by atoms with Crippen LogP contribution in [0.15, 0.2) is 30.4 Å². The van der Waals surface area contributed by atoms with Crippen molar-refractivity contribution >= 4 is 34.5 Å². The summed E-state index contributed by atoms with van der Waals surface area (Å²) in [5.74, 6) is 5.78. The van der Waals surface area contributed by atoms with Crippen molar-refractivity contribution in [2.24, 2.45) is 5.84 Å². The number of fused-ring (bicyclic) bond motifs is 2. The van der Waals surface area contributed by atoms with E-state index in [2.05, 4.69) is 21.5 Å². The van der Waals surface area contributed by atoms with Crippen LogP contribution in [0.1, 0.15) is 37.6 Å². The van der Waals surface area contributed by atoms with Gasteiger partial charge in [-0.25, -0.2) is 15.6 Å². The van der Waals surface area contributed by atoms with Crippen LogP contribution in [0.4, 0.5) is 11.8 Å². The molecule has 1 aromatic carbocycles. The summed E-state index contributed by atoms with van der Waals surface area (Å²) < 4.78 is 5.31. The number of nitrogens with zero attached hydrogens (tertiary/aromatic N) is 3. The van der Waals surface area contributed by atoms with E-state index in [1.807, 2.05) is 31.7 Å². The lowest BCUT2D eigenvalue weighted by Crippen LogP contribution is -2.23. The van der Waals surface area contributed by atoms with Gasteiger partial charge in [0.05, 0.1) is 11.1 Å². The minimum Gasteiger partial charge on any atom is -0.456 e. The van der Waals surface area contributed by atoms with Gasteiger partial charge in [0, 0.05) is 11.9 Å². The molecule has 28 heavy (non-hydrogen) atoms. The van der Waals surface area contributed by atoms with Gasteiger partial charge in [0.1, 0.15) is 11.6 Å². The fourth-order valence-electron chi connectivity index (χ4n) is 2.84. The van der Waals surface area contributed by atoms with Gasteiger partial charge >= 0.3 is 5.97 Å². The highest BCUT2D eigenvalue weighted by Gasteiger charge is 2.44. The van der Waals surface area contributed by atoms with Gasteiger partial charge in [0.15, 0.2) is 5.82 Å². The topological polar surface area (TPSA) is 136 Å². The monoisotopic (exact) mass is 384 g/mol. The van der Waals surface area contributed by atoms with Crippen LogP contribution in [0, 0.1) is 0 Å². The molecule has 0 aliphatic carbocycles. The van der Waals surface area contributed by atoms with Crippen LogP contribution >= 0.6 is 0 Å². The molecule has 1 aromatic heterocycles. The molecule has 1 atom stereocenters. The fraction of sp³-hybridized carbons (Fsp3) is 0.368. The number of anilines is 2. The molecule has 9 nitrogen and oxygen atoms in total. The maximum atomic E-state index is 12.0. The number of hydrogen-bond acceptors (Lipinski definition) is 8. The molecule has 9 heteroatoms. The third-order valence-corrected chi connectivity index (χ3v) is 4.19. The molecule has 4 rings (SSSR count). The SMILES string of the molecule is CC(C)(C)OC(=O)c1ccc2nc(N)nc(NN)c2c1.O=C1C2CC=CCN12. The number of nitrogens with two attached hydrogens (primary N) is 2. The van der Waals surface area contributed by atoms with Gasteiger partial charge in [0.25, 0.3) is 0 Å². The van der Waals surface area contributed by atoms with Gasteiger partial charge in [-0.05, 0) is 45.4 Å². The van der Waals surface area contributed by atoms with Crippen molar-refractivity contribution in [3.8, 4) is 0 Å². The van der Waals surface area contributed by atoms with E-state index in [-0.39, 0.29) is 12.0 Å². The van der Waals surface area contributed by atoms with Gasteiger partial charge < -0.3 is 20.8 Å². The smallest absolute Gasteiger partial charge is 0.338 e. The van der Waals surface area contributed by atoms with Crippen LogP contribution in [0.2, 0.25) is 0 Å². The molecule has 148 valence electrons. The number of carbonyl (C=O) groups is 2. The third kappa shape index (κ3) is 4.37. The van der Waals surface area contributed by atoms with Crippen LogP contribution in [0.25, 0.3) is 10.9 Å². The number of hydrazine groups is 1. The zero-order valence-electron chi connectivity index (χ0n) is 16.1. The molecule has 0 spiro atoms. The molecule has 5 N–H and O–H groups in total. The molecular weight excluding hydrogens is 360 g/mol. The molecule has 1 saturated heterocycles. The van der Waals surface area contributed by atoms with E-state index in [1.54, 1.807) is 18.2 Å². The molecule has 2 aliphatic rings. The predicted octanol–water partition coefficient (Wildman–Crippen LogP) is 1.61. The van der Waals surface area contributed by atoms with E-state index in [4.69, 9.17) is 16.3 Å². The quantitative estimate of drug-likeness (QED) is 0.234. The highest BCUT2D eigenvalue weighted by atomic mass is 16.6. The number of carbonyl (C=O) groups excluding carboxylic acids is 2. The number of aromatic nitrogens is 2. The van der Waals surface area contributed by atoms with Crippen LogP contribution in [0.5, 0.6) is 0 Å². The highest BCUT2D eigenvalue weighted by molar-refractivity contribution is 5.98. The predicted molar refractivity (Wildman–Crippen MR) is 106 cm³/mol. The Hall–Kier alpha value is -3.20. The first-order valence-electron chi connectivity index (χ1n) is 8.92. The van der Waals surface area contributed by atoms with E-state index in [0.29, 0.717) is 28.2 Å². The van der Waals surface area contributed by atoms with E-state index >= 15 is 0 Å². The Morgan fingerprint density at radius 1 is 1.29 bits per heavy atom. The molecular formula is C19H24N6O3. The van der Waals surface area contributed by atoms with E-state index in [1.165, 1.54) is 0 Å². The van der Waals surface area contributed by atoms with Gasteiger partial charge in [-0.1, -0.05) is 12.2 Å². The van der Waals surface area contributed by atoms with Crippen LogP contribution < -0.4 is 17.0 Å². The number of ether oxygens (including phenoxy) is 1. The van der Waals surface area contributed by atoms with Crippen molar-refractivity contribution in [3.63, 3.8) is 0 Å². The van der Waals surface area contributed by atoms with E-state index in [0.717, 1.165) is 13.0 Å². The number of nitrogens with one attached hydrogen (secondary N) is 1. The molecule has 1 unspecified atom stereocenters. The fourth-order valence-corrected chi connectivity index (χ4v) is 2.84. The number of amides is 1. The zero-order valence-corrected chi connectivity index (χ0v) is 16.1. The summed E-state index contributed by atoms with van der Waals surface area (Å²) in [5.41, 5.74) is 8.45. The number of benzene rings is 1. The van der Waals surface area contributed by atoms with Gasteiger partial charge in [-0.15, -0.1) is 0 Å². The van der Waals surface area contributed by atoms with Gasteiger partial charge in [-0.2, -0.15) is 4.98 Å². The molecule has 2 aliphatic heterocycles. The average molecular weight is 384 g/mol. The Bertz CT molecular complexity index is 935. The molecule has 0 bridgehead atoms. The normalized spacial score (nSPS) is 17.5. The largest absolute Gasteiger partial charge is 0.456 e. The highest BCUT2D eigenvalue weighted by Crippen LogP contribution is 2.26. The Balaban J connectivity index is 0.000000231. The lowest BCUT2D eigenvalue weighted by molar-refractivity contribution is -0.113. The molecule has 1 amide bonds. The summed E-state index contributed by atoms with van der Waals surface area (Å²) in [6.45, 7) is 6.28. The number of hydrogen-bond donors (Lipinski definition) is 3. The molecule has 0 radical (unpaired) electrons. The Morgan fingerprint density at radius 3 is 2.61 bits per heavy atom. The second-order valence-corrected chi connectivity index (χ2v) is 7.52. The van der Waals surface area contributed by atoms with Crippen molar-refractivity contribution in [2.75, 3.05) is 17.7 Å². The van der Waals surface area contributed by atoms with Gasteiger partial charge in [-0.3, -0.25) is 4.79 Å². The summed E-state index contributed by atoms with van der Waals surface area (Å²) in [5, 5.41) is 0.602. The van der Waals surface area contributed by atoms with Crippen molar-refractivity contribution in [1.82, 2.24) is 14.9 Å². The standard InChI is InChI=1S/C13H17N5O2.C6H7NO/c1-13(2,3)20-11(19)7-4-5-9-8(6-7)10(18-15)17-12(14)16-9;8-6-5-3-1-2-4-7(5)6/h4-6H,15H2,1-3H3,(H3,14,16,17,18);1-2,5H,3-4H2. The lowest BCUT2D eigenvalue weighted by Gasteiger charge is -2.19. The van der Waals surface area contributed by atoms with Crippen molar-refractivity contribution < 1.29 is 14.3 Å². The van der Waals surface area contributed by atoms with Crippen LogP contribution in [-0.4, -0.2) is 44.9 Å². The summed E-state index contributed by atoms with van der Waals surface area (Å²) in [7, 11) is 0. The Labute approximate surface area is 162 Å². The minimum atomic E-state index is -0.557. The average Bonchev–Trinajstić information content (AvgIpc) is 3.30. The second kappa shape index (κ2) is 7.43. The first kappa shape index (κ1) is 19.6. The molecule has 1 fully saturated rings. The number of esters is 1. The maximum Gasteiger partial charge on any atom is 0.338 e. The molecule has 0 saturated carbocycles. The second-order valence-electron chi connectivity index (χ2n) is 7.52. The van der Waals surface area contributed by atoms with Crippen molar-refractivity contribution in [2.45, 2.75) is 38.8 Å². The van der Waals surface area contributed by atoms with E-state index < -0.39 is 11.6 Å². The van der Waals surface area contributed by atoms with E-state index in [9.17, 15) is 9.59 Å². The summed E-state index contributed by atoms with van der Waals surface area (Å²) in [4.78, 5) is 32.6. The third-order valence-electron chi connectivity index (χ3n) is 4.19. The van der Waals surface area contributed by atoms with Crippen LogP contribution in [0.3, 0.4) is 0 Å². The summed E-state index contributed by atoms with van der Waals surface area (Å²) in [6.07, 6.45) is 5.06. The number of nitrogen functional groups attached to an aromatic ring is 2. The minimum absolute atomic E-state index is 0.107. The summed E-state index contributed by atoms with van der Waals surface area (Å²) >= 11 is 0. The molecule has 3 heterocycles. The summed E-state index contributed by atoms with van der Waals surface area (Å²) in [6, 6.07) is 5.20. The van der Waals surface area contributed by atoms with Crippen molar-refractivity contribution in [1.29, 1.82) is 0 Å². The van der Waals surface area contributed by atoms with Gasteiger partial charge in [0.2, 0.25) is 11.9 Å². The molecule has 2 aromatic rings.